The molecular weight excluding hydrogens is 285 g/mol. The average Bonchev–Trinajstić information content (AvgIpc) is 2.44. The van der Waals surface area contributed by atoms with Crippen molar-refractivity contribution in [2.24, 2.45) is 0 Å². The first-order chi connectivity index (χ1) is 9.63. The zero-order valence-electron chi connectivity index (χ0n) is 11.0. The summed E-state index contributed by atoms with van der Waals surface area (Å²) in [4.78, 5) is 8.31. The molecule has 0 saturated heterocycles. The van der Waals surface area contributed by atoms with E-state index in [1.54, 1.807) is 19.2 Å². The molecule has 5 nitrogen and oxygen atoms in total. The van der Waals surface area contributed by atoms with E-state index in [0.29, 0.717) is 11.6 Å². The summed E-state index contributed by atoms with van der Waals surface area (Å²) in [6.07, 6.45) is 0. The molecule has 1 heterocycles. The molecule has 0 fully saturated rings. The van der Waals surface area contributed by atoms with Gasteiger partial charge in [-0.3, -0.25) is 0 Å². The minimum atomic E-state index is -0.632. The van der Waals surface area contributed by atoms with Crippen molar-refractivity contribution in [2.45, 2.75) is 6.61 Å². The second-order valence-electron chi connectivity index (χ2n) is 3.84. The van der Waals surface area contributed by atoms with Gasteiger partial charge in [-0.2, -0.15) is 4.98 Å². The first kappa shape index (κ1) is 14.5. The van der Waals surface area contributed by atoms with E-state index in [2.05, 4.69) is 15.3 Å². The van der Waals surface area contributed by atoms with Gasteiger partial charge in [0.1, 0.15) is 12.4 Å². The highest BCUT2D eigenvalue weighted by atomic mass is 35.5. The van der Waals surface area contributed by atoms with Crippen molar-refractivity contribution in [3.8, 4) is 11.6 Å². The zero-order valence-corrected chi connectivity index (χ0v) is 11.7. The predicted octanol–water partition coefficient (Wildman–Crippen LogP) is 3.25. The van der Waals surface area contributed by atoms with E-state index in [1.165, 1.54) is 19.2 Å². The second kappa shape index (κ2) is 6.49. The summed E-state index contributed by atoms with van der Waals surface area (Å²) in [6, 6.07) is 6.06. The standard InChI is InChI=1S/C13H13ClFN3O2/c1-16-10-6-12(18-11(17-10)7-19-2)20-9-5-3-4-8(14)13(9)15/h3-6H,7H2,1-2H3,(H,16,17,18). The Bertz CT molecular complexity index is 610. The van der Waals surface area contributed by atoms with Gasteiger partial charge in [-0.05, 0) is 12.1 Å². The molecule has 7 heteroatoms. The van der Waals surface area contributed by atoms with E-state index in [-0.39, 0.29) is 23.3 Å². The molecule has 0 radical (unpaired) electrons. The number of rotatable bonds is 5. The van der Waals surface area contributed by atoms with Crippen molar-refractivity contribution in [3.63, 3.8) is 0 Å². The first-order valence-electron chi connectivity index (χ1n) is 5.80. The molecular formula is C13H13ClFN3O2. The molecule has 0 amide bonds. The maximum absolute atomic E-state index is 13.8. The smallest absolute Gasteiger partial charge is 0.224 e. The van der Waals surface area contributed by atoms with Crippen molar-refractivity contribution in [1.82, 2.24) is 9.97 Å². The molecule has 0 aliphatic heterocycles. The fourth-order valence-electron chi connectivity index (χ4n) is 1.52. The SMILES string of the molecule is CNc1cc(Oc2cccc(Cl)c2F)nc(COC)n1. The number of aromatic nitrogens is 2. The number of anilines is 1. The van der Waals surface area contributed by atoms with Gasteiger partial charge in [0.25, 0.3) is 0 Å². The Labute approximate surface area is 120 Å². The van der Waals surface area contributed by atoms with Crippen molar-refractivity contribution in [1.29, 1.82) is 0 Å². The quantitative estimate of drug-likeness (QED) is 0.918. The molecule has 20 heavy (non-hydrogen) atoms. The Kier molecular flexibility index (Phi) is 4.70. The summed E-state index contributed by atoms with van der Waals surface area (Å²) in [5.41, 5.74) is 0. The van der Waals surface area contributed by atoms with E-state index in [0.717, 1.165) is 0 Å². The van der Waals surface area contributed by atoms with E-state index < -0.39 is 5.82 Å². The zero-order chi connectivity index (χ0) is 14.5. The Morgan fingerprint density at radius 1 is 1.35 bits per heavy atom. The van der Waals surface area contributed by atoms with Crippen LogP contribution >= 0.6 is 11.6 Å². The molecule has 0 spiro atoms. The van der Waals surface area contributed by atoms with E-state index in [1.807, 2.05) is 0 Å². The van der Waals surface area contributed by atoms with Crippen LogP contribution in [0, 0.1) is 5.82 Å². The summed E-state index contributed by atoms with van der Waals surface area (Å²) < 4.78 is 24.2. The highest BCUT2D eigenvalue weighted by molar-refractivity contribution is 6.30. The highest BCUT2D eigenvalue weighted by Crippen LogP contribution is 2.28. The molecule has 1 N–H and O–H groups in total. The molecule has 1 aromatic heterocycles. The second-order valence-corrected chi connectivity index (χ2v) is 4.25. The van der Waals surface area contributed by atoms with Crippen LogP contribution in [-0.4, -0.2) is 24.1 Å². The van der Waals surface area contributed by atoms with Gasteiger partial charge < -0.3 is 14.8 Å². The average molecular weight is 298 g/mol. The third-order valence-electron chi connectivity index (χ3n) is 2.41. The third-order valence-corrected chi connectivity index (χ3v) is 2.70. The maximum atomic E-state index is 13.8. The topological polar surface area (TPSA) is 56.3 Å². The van der Waals surface area contributed by atoms with Crippen LogP contribution in [0.15, 0.2) is 24.3 Å². The Balaban J connectivity index is 2.32. The number of halogens is 2. The van der Waals surface area contributed by atoms with Crippen LogP contribution in [0.5, 0.6) is 11.6 Å². The molecule has 2 rings (SSSR count). The largest absolute Gasteiger partial charge is 0.436 e. The molecule has 0 bridgehead atoms. The third kappa shape index (κ3) is 3.34. The predicted molar refractivity (Wildman–Crippen MR) is 73.8 cm³/mol. The van der Waals surface area contributed by atoms with Crippen molar-refractivity contribution in [3.05, 3.63) is 40.9 Å². The molecule has 0 aliphatic rings. The Morgan fingerprint density at radius 3 is 2.85 bits per heavy atom. The lowest BCUT2D eigenvalue weighted by Crippen LogP contribution is -2.03. The maximum Gasteiger partial charge on any atom is 0.224 e. The van der Waals surface area contributed by atoms with Gasteiger partial charge in [0.2, 0.25) is 5.88 Å². The van der Waals surface area contributed by atoms with Crippen molar-refractivity contribution >= 4 is 17.4 Å². The Morgan fingerprint density at radius 2 is 2.15 bits per heavy atom. The summed E-state index contributed by atoms with van der Waals surface area (Å²) in [5, 5.41) is 2.86. The lowest BCUT2D eigenvalue weighted by atomic mass is 10.3. The van der Waals surface area contributed by atoms with Crippen molar-refractivity contribution in [2.75, 3.05) is 19.5 Å². The normalized spacial score (nSPS) is 10.4. The molecule has 106 valence electrons. The number of benzene rings is 1. The van der Waals surface area contributed by atoms with Crippen LogP contribution in [-0.2, 0) is 11.3 Å². The van der Waals surface area contributed by atoms with E-state index in [4.69, 9.17) is 21.1 Å². The van der Waals surface area contributed by atoms with Gasteiger partial charge in [0, 0.05) is 20.2 Å². The van der Waals surface area contributed by atoms with Gasteiger partial charge in [0.05, 0.1) is 5.02 Å². The lowest BCUT2D eigenvalue weighted by Gasteiger charge is -2.09. The Hall–Kier alpha value is -1.92. The van der Waals surface area contributed by atoms with Gasteiger partial charge in [-0.1, -0.05) is 17.7 Å². The van der Waals surface area contributed by atoms with Crippen LogP contribution in [0.2, 0.25) is 5.02 Å². The molecule has 0 unspecified atom stereocenters. The molecule has 0 atom stereocenters. The molecule has 0 saturated carbocycles. The molecule has 2 aromatic rings. The van der Waals surface area contributed by atoms with Crippen LogP contribution in [0.25, 0.3) is 0 Å². The number of ether oxygens (including phenoxy) is 2. The van der Waals surface area contributed by atoms with Crippen LogP contribution in [0.3, 0.4) is 0 Å². The fraction of sp³-hybridized carbons (Fsp3) is 0.231. The van der Waals surface area contributed by atoms with Gasteiger partial charge in [-0.25, -0.2) is 9.37 Å². The summed E-state index contributed by atoms with van der Waals surface area (Å²) >= 11 is 5.70. The summed E-state index contributed by atoms with van der Waals surface area (Å²) in [7, 11) is 3.25. The monoisotopic (exact) mass is 297 g/mol. The van der Waals surface area contributed by atoms with Crippen molar-refractivity contribution < 1.29 is 13.9 Å². The lowest BCUT2D eigenvalue weighted by molar-refractivity contribution is 0.177. The summed E-state index contributed by atoms with van der Waals surface area (Å²) in [5.74, 6) is 0.549. The first-order valence-corrected chi connectivity index (χ1v) is 6.18. The minimum Gasteiger partial charge on any atom is -0.436 e. The van der Waals surface area contributed by atoms with Gasteiger partial charge in [-0.15, -0.1) is 0 Å². The fourth-order valence-corrected chi connectivity index (χ4v) is 1.69. The van der Waals surface area contributed by atoms with Crippen LogP contribution < -0.4 is 10.1 Å². The van der Waals surface area contributed by atoms with E-state index >= 15 is 0 Å². The van der Waals surface area contributed by atoms with Crippen LogP contribution in [0.4, 0.5) is 10.2 Å². The highest BCUT2D eigenvalue weighted by Gasteiger charge is 2.11. The van der Waals surface area contributed by atoms with Gasteiger partial charge in [0.15, 0.2) is 17.4 Å². The number of hydrogen-bond donors (Lipinski definition) is 1. The summed E-state index contributed by atoms with van der Waals surface area (Å²) in [6.45, 7) is 0.226. The molecule has 1 aromatic carbocycles. The van der Waals surface area contributed by atoms with Crippen LogP contribution in [0.1, 0.15) is 5.82 Å². The van der Waals surface area contributed by atoms with E-state index in [9.17, 15) is 4.39 Å². The minimum absolute atomic E-state index is 0.00150. The number of nitrogens with one attached hydrogen (secondary N) is 1. The van der Waals surface area contributed by atoms with Gasteiger partial charge >= 0.3 is 0 Å². The number of hydrogen-bond acceptors (Lipinski definition) is 5. The number of nitrogens with zero attached hydrogens (tertiary/aromatic N) is 2. The number of methoxy groups -OCH3 is 1. The molecule has 0 aliphatic carbocycles.